The van der Waals surface area contributed by atoms with Crippen LogP contribution in [-0.4, -0.2) is 17.1 Å². The number of benzene rings is 1. The Morgan fingerprint density at radius 2 is 2.11 bits per heavy atom. The molecule has 0 radical (unpaired) electrons. The van der Waals surface area contributed by atoms with Crippen molar-refractivity contribution in [3.8, 4) is 16.5 Å². The van der Waals surface area contributed by atoms with E-state index in [-0.39, 0.29) is 0 Å². The number of ether oxygens (including phenoxy) is 1. The number of hydrogen-bond donors (Lipinski definition) is 1. The van der Waals surface area contributed by atoms with Crippen molar-refractivity contribution in [3.63, 3.8) is 0 Å². The lowest BCUT2D eigenvalue weighted by atomic mass is 10.2. The molecule has 0 atom stereocenters. The zero-order valence-corrected chi connectivity index (χ0v) is 11.6. The van der Waals surface area contributed by atoms with E-state index in [2.05, 4.69) is 9.97 Å². The Morgan fingerprint density at radius 1 is 1.26 bits per heavy atom. The quantitative estimate of drug-likeness (QED) is 0.783. The van der Waals surface area contributed by atoms with Crippen molar-refractivity contribution < 1.29 is 4.74 Å². The van der Waals surface area contributed by atoms with E-state index in [1.807, 2.05) is 17.5 Å². The predicted octanol–water partition coefficient (Wildman–Crippen LogP) is 3.60. The summed E-state index contributed by atoms with van der Waals surface area (Å²) in [6.45, 7) is 0. The molecule has 0 fully saturated rings. The summed E-state index contributed by atoms with van der Waals surface area (Å²) in [7, 11) is 1.62. The topological polar surface area (TPSA) is 61.0 Å². The Kier molecular flexibility index (Phi) is 3.00. The van der Waals surface area contributed by atoms with Crippen LogP contribution < -0.4 is 10.5 Å². The first-order chi connectivity index (χ1) is 9.19. The molecule has 0 bridgehead atoms. The van der Waals surface area contributed by atoms with Gasteiger partial charge in [-0.05, 0) is 29.6 Å². The molecule has 96 valence electrons. The van der Waals surface area contributed by atoms with Crippen LogP contribution in [0, 0.1) is 0 Å². The Hall–Kier alpha value is -1.85. The molecule has 0 unspecified atom stereocenters. The van der Waals surface area contributed by atoms with E-state index in [1.54, 1.807) is 19.2 Å². The van der Waals surface area contributed by atoms with Gasteiger partial charge in [0.2, 0.25) is 0 Å². The fourth-order valence-electron chi connectivity index (χ4n) is 1.85. The first-order valence-corrected chi connectivity index (χ1v) is 6.79. The summed E-state index contributed by atoms with van der Waals surface area (Å²) in [5.41, 5.74) is 6.74. The number of aromatic nitrogens is 2. The van der Waals surface area contributed by atoms with E-state index in [0.29, 0.717) is 16.7 Å². The van der Waals surface area contributed by atoms with E-state index in [9.17, 15) is 0 Å². The minimum Gasteiger partial charge on any atom is -0.495 e. The summed E-state index contributed by atoms with van der Waals surface area (Å²) in [6.07, 6.45) is 0. The van der Waals surface area contributed by atoms with E-state index in [0.717, 1.165) is 21.5 Å². The first-order valence-electron chi connectivity index (χ1n) is 5.53. The molecule has 0 saturated carbocycles. The van der Waals surface area contributed by atoms with Crippen LogP contribution >= 0.6 is 22.9 Å². The largest absolute Gasteiger partial charge is 0.495 e. The van der Waals surface area contributed by atoms with Gasteiger partial charge in [0.25, 0.3) is 0 Å². The molecule has 2 aromatic heterocycles. The standard InChI is InChI=1S/C13H10ClN3OS/c1-18-10-4-5-19-11(10)13-16-9-3-2-7(14)6-8(9)12(15)17-13/h2-6H,1H3,(H2,15,16,17). The normalized spacial score (nSPS) is 10.8. The minimum absolute atomic E-state index is 0.415. The number of halogens is 1. The summed E-state index contributed by atoms with van der Waals surface area (Å²) < 4.78 is 5.28. The molecule has 3 aromatic rings. The second-order valence-electron chi connectivity index (χ2n) is 3.91. The van der Waals surface area contributed by atoms with Crippen molar-refractivity contribution in [2.45, 2.75) is 0 Å². The number of anilines is 1. The maximum absolute atomic E-state index is 5.98. The molecule has 19 heavy (non-hydrogen) atoms. The molecule has 2 heterocycles. The number of nitrogens with two attached hydrogens (primary N) is 1. The summed E-state index contributed by atoms with van der Waals surface area (Å²) in [5, 5.41) is 3.30. The number of thiophene rings is 1. The molecule has 0 aliphatic rings. The Labute approximate surface area is 118 Å². The van der Waals surface area contributed by atoms with Gasteiger partial charge in [-0.2, -0.15) is 0 Å². The van der Waals surface area contributed by atoms with Crippen LogP contribution in [0.15, 0.2) is 29.6 Å². The Morgan fingerprint density at radius 3 is 2.89 bits per heavy atom. The SMILES string of the molecule is COc1ccsc1-c1nc(N)c2cc(Cl)ccc2n1. The molecule has 4 nitrogen and oxygen atoms in total. The van der Waals surface area contributed by atoms with Gasteiger partial charge < -0.3 is 10.5 Å². The van der Waals surface area contributed by atoms with Gasteiger partial charge >= 0.3 is 0 Å². The van der Waals surface area contributed by atoms with Crippen molar-refractivity contribution in [3.05, 3.63) is 34.7 Å². The predicted molar refractivity (Wildman–Crippen MR) is 78.8 cm³/mol. The van der Waals surface area contributed by atoms with Gasteiger partial charge in [-0.15, -0.1) is 11.3 Å². The molecular weight excluding hydrogens is 282 g/mol. The molecule has 3 rings (SSSR count). The van der Waals surface area contributed by atoms with Crippen LogP contribution in [0.5, 0.6) is 5.75 Å². The molecule has 6 heteroatoms. The first kappa shape index (κ1) is 12.2. The van der Waals surface area contributed by atoms with E-state index in [4.69, 9.17) is 22.1 Å². The minimum atomic E-state index is 0.415. The second-order valence-corrected chi connectivity index (χ2v) is 5.26. The summed E-state index contributed by atoms with van der Waals surface area (Å²) >= 11 is 7.46. The highest BCUT2D eigenvalue weighted by Gasteiger charge is 2.13. The van der Waals surface area contributed by atoms with Crippen LogP contribution in [-0.2, 0) is 0 Å². The Bertz CT molecular complexity index is 757. The molecule has 0 spiro atoms. The summed E-state index contributed by atoms with van der Waals surface area (Å²) in [6, 6.07) is 7.26. The van der Waals surface area contributed by atoms with Gasteiger partial charge in [-0.3, -0.25) is 0 Å². The van der Waals surface area contributed by atoms with Gasteiger partial charge in [-0.1, -0.05) is 11.6 Å². The second kappa shape index (κ2) is 4.68. The fourth-order valence-corrected chi connectivity index (χ4v) is 2.81. The van der Waals surface area contributed by atoms with E-state index in [1.165, 1.54) is 11.3 Å². The molecule has 0 amide bonds. The van der Waals surface area contributed by atoms with Gasteiger partial charge in [0.15, 0.2) is 5.82 Å². The van der Waals surface area contributed by atoms with Gasteiger partial charge in [0, 0.05) is 10.4 Å². The third kappa shape index (κ3) is 2.11. The highest BCUT2D eigenvalue weighted by molar-refractivity contribution is 7.13. The molecule has 2 N–H and O–H groups in total. The monoisotopic (exact) mass is 291 g/mol. The van der Waals surface area contributed by atoms with E-state index < -0.39 is 0 Å². The van der Waals surface area contributed by atoms with Crippen LogP contribution in [0.1, 0.15) is 0 Å². The van der Waals surface area contributed by atoms with Crippen molar-refractivity contribution in [1.29, 1.82) is 0 Å². The summed E-state index contributed by atoms with van der Waals surface area (Å²) in [5.74, 6) is 1.73. The number of fused-ring (bicyclic) bond motifs is 1. The molecule has 1 aromatic carbocycles. The van der Waals surface area contributed by atoms with Gasteiger partial charge in [0.05, 0.1) is 12.6 Å². The molecule has 0 aliphatic carbocycles. The van der Waals surface area contributed by atoms with E-state index >= 15 is 0 Å². The average Bonchev–Trinajstić information content (AvgIpc) is 2.87. The van der Waals surface area contributed by atoms with Crippen molar-refractivity contribution in [1.82, 2.24) is 9.97 Å². The highest BCUT2D eigenvalue weighted by Crippen LogP contribution is 2.35. The van der Waals surface area contributed by atoms with Crippen LogP contribution in [0.3, 0.4) is 0 Å². The number of nitrogen functional groups attached to an aromatic ring is 1. The zero-order valence-electron chi connectivity index (χ0n) is 10.1. The van der Waals surface area contributed by atoms with Gasteiger partial charge in [-0.25, -0.2) is 9.97 Å². The number of nitrogens with zero attached hydrogens (tertiary/aromatic N) is 2. The van der Waals surface area contributed by atoms with Crippen molar-refractivity contribution in [2.75, 3.05) is 12.8 Å². The average molecular weight is 292 g/mol. The maximum Gasteiger partial charge on any atom is 0.176 e. The lowest BCUT2D eigenvalue weighted by Gasteiger charge is -2.06. The number of hydrogen-bond acceptors (Lipinski definition) is 5. The maximum atomic E-state index is 5.98. The van der Waals surface area contributed by atoms with Crippen molar-refractivity contribution in [2.24, 2.45) is 0 Å². The smallest absolute Gasteiger partial charge is 0.176 e. The van der Waals surface area contributed by atoms with Crippen LogP contribution in [0.2, 0.25) is 5.02 Å². The van der Waals surface area contributed by atoms with Crippen LogP contribution in [0.4, 0.5) is 5.82 Å². The third-order valence-electron chi connectivity index (χ3n) is 2.74. The zero-order chi connectivity index (χ0) is 13.4. The molecule has 0 saturated heterocycles. The van der Waals surface area contributed by atoms with Gasteiger partial charge in [0.1, 0.15) is 16.4 Å². The molecular formula is C13H10ClN3OS. The lowest BCUT2D eigenvalue weighted by molar-refractivity contribution is 0.418. The lowest BCUT2D eigenvalue weighted by Crippen LogP contribution is -1.97. The summed E-state index contributed by atoms with van der Waals surface area (Å²) in [4.78, 5) is 9.71. The number of methoxy groups -OCH3 is 1. The Balaban J connectivity index is 2.24. The molecule has 0 aliphatic heterocycles. The number of rotatable bonds is 2. The third-order valence-corrected chi connectivity index (χ3v) is 3.87. The highest BCUT2D eigenvalue weighted by atomic mass is 35.5. The van der Waals surface area contributed by atoms with Crippen LogP contribution in [0.25, 0.3) is 21.6 Å². The fraction of sp³-hybridized carbons (Fsp3) is 0.0769. The van der Waals surface area contributed by atoms with Crippen molar-refractivity contribution >= 4 is 39.7 Å².